The van der Waals surface area contributed by atoms with Gasteiger partial charge in [-0.3, -0.25) is 4.40 Å². The summed E-state index contributed by atoms with van der Waals surface area (Å²) in [7, 11) is 0. The number of aliphatic hydroxyl groups excluding tert-OH is 2. The summed E-state index contributed by atoms with van der Waals surface area (Å²) in [6, 6.07) is 5.75. The fraction of sp³-hybridized carbons (Fsp3) is 0.409. The van der Waals surface area contributed by atoms with E-state index in [2.05, 4.69) is 30.9 Å². The van der Waals surface area contributed by atoms with Crippen LogP contribution in [-0.4, -0.2) is 52.9 Å². The summed E-state index contributed by atoms with van der Waals surface area (Å²) in [5.74, 6) is 0. The highest BCUT2D eigenvalue weighted by molar-refractivity contribution is 9.10. The van der Waals surface area contributed by atoms with Crippen LogP contribution in [0.1, 0.15) is 36.2 Å². The molecule has 0 amide bonds. The lowest BCUT2D eigenvalue weighted by Crippen LogP contribution is -2.37. The molecule has 2 N–H and O–H groups in total. The van der Waals surface area contributed by atoms with E-state index in [0.29, 0.717) is 19.4 Å². The van der Waals surface area contributed by atoms with Crippen molar-refractivity contribution in [3.05, 3.63) is 59.0 Å². The van der Waals surface area contributed by atoms with Crippen LogP contribution in [0.3, 0.4) is 0 Å². The number of fused-ring (bicyclic) bond motifs is 2. The topological polar surface area (TPSA) is 97.7 Å². The van der Waals surface area contributed by atoms with Gasteiger partial charge < -0.3 is 19.5 Å². The summed E-state index contributed by atoms with van der Waals surface area (Å²) >= 11 is 3.48. The van der Waals surface area contributed by atoms with Crippen LogP contribution in [0.15, 0.2) is 47.7 Å². The van der Waals surface area contributed by atoms with Crippen LogP contribution >= 0.6 is 15.9 Å². The molecule has 2 fully saturated rings. The molecule has 4 aromatic heterocycles. The van der Waals surface area contributed by atoms with Gasteiger partial charge in [0.25, 0.3) is 0 Å². The maximum Gasteiger partial charge on any atom is 0.143 e. The fourth-order valence-corrected chi connectivity index (χ4v) is 5.74. The molecule has 6 rings (SSSR count). The zero-order valence-corrected chi connectivity index (χ0v) is 18.5. The second kappa shape index (κ2) is 6.83. The van der Waals surface area contributed by atoms with Crippen molar-refractivity contribution in [1.29, 1.82) is 0 Å². The first-order valence-electron chi connectivity index (χ1n) is 10.4. The van der Waals surface area contributed by atoms with Gasteiger partial charge in [-0.25, -0.2) is 15.0 Å². The smallest absolute Gasteiger partial charge is 0.143 e. The summed E-state index contributed by atoms with van der Waals surface area (Å²) in [6.07, 6.45) is 6.57. The van der Waals surface area contributed by atoms with Crippen LogP contribution in [0.25, 0.3) is 16.7 Å². The molecule has 0 bridgehead atoms. The van der Waals surface area contributed by atoms with Crippen LogP contribution in [0.5, 0.6) is 0 Å². The minimum absolute atomic E-state index is 0.146. The standard InChI is InChI=1S/C22H22BrN5O3/c1-12-14-3-5-27(21(14)26-11-25-12)15-7-22(20(30)19(15)29)8-16(31-10-22)13-2-4-28-17(23)9-24-18(28)6-13/h2-6,9,11,15-16,19-20,29-30H,7-8,10H2,1H3/t15-,16-,19+,20+,22-/m1/s1. The summed E-state index contributed by atoms with van der Waals surface area (Å²) < 4.78 is 11.0. The number of aromatic nitrogens is 5. The van der Waals surface area contributed by atoms with Crippen molar-refractivity contribution in [3.8, 4) is 0 Å². The van der Waals surface area contributed by atoms with E-state index in [-0.39, 0.29) is 12.1 Å². The van der Waals surface area contributed by atoms with E-state index >= 15 is 0 Å². The Balaban J connectivity index is 1.31. The van der Waals surface area contributed by atoms with Crippen LogP contribution in [-0.2, 0) is 4.74 Å². The molecular formula is C22H22BrN5O3. The van der Waals surface area contributed by atoms with Gasteiger partial charge in [0.1, 0.15) is 28.3 Å². The van der Waals surface area contributed by atoms with Gasteiger partial charge in [0, 0.05) is 23.2 Å². The molecule has 1 saturated carbocycles. The largest absolute Gasteiger partial charge is 0.390 e. The van der Waals surface area contributed by atoms with E-state index in [1.54, 1.807) is 12.5 Å². The van der Waals surface area contributed by atoms with E-state index in [1.165, 1.54) is 0 Å². The quantitative estimate of drug-likeness (QED) is 0.454. The zero-order valence-electron chi connectivity index (χ0n) is 16.9. The first kappa shape index (κ1) is 19.4. The molecule has 8 nitrogen and oxygen atoms in total. The van der Waals surface area contributed by atoms with E-state index in [1.807, 2.05) is 46.5 Å². The average Bonchev–Trinajstić information content (AvgIpc) is 3.53. The Morgan fingerprint density at radius 3 is 2.90 bits per heavy atom. The maximum absolute atomic E-state index is 11.1. The van der Waals surface area contributed by atoms with Crippen molar-refractivity contribution in [2.45, 2.75) is 44.1 Å². The van der Waals surface area contributed by atoms with Crippen molar-refractivity contribution in [1.82, 2.24) is 23.9 Å². The number of halogens is 1. The Kier molecular flexibility index (Phi) is 4.27. The normalized spacial score (nSPS) is 30.8. The Bertz CT molecular complexity index is 1300. The van der Waals surface area contributed by atoms with Gasteiger partial charge in [0.2, 0.25) is 0 Å². The van der Waals surface area contributed by atoms with Crippen molar-refractivity contribution in [2.75, 3.05) is 6.61 Å². The van der Waals surface area contributed by atoms with Gasteiger partial charge in [0.15, 0.2) is 0 Å². The second-order valence-electron chi connectivity index (χ2n) is 8.76. The highest BCUT2D eigenvalue weighted by Crippen LogP contribution is 2.54. The minimum atomic E-state index is -0.890. The number of imidazole rings is 1. The lowest BCUT2D eigenvalue weighted by Gasteiger charge is -2.26. The van der Waals surface area contributed by atoms with Gasteiger partial charge in [-0.1, -0.05) is 0 Å². The van der Waals surface area contributed by atoms with Crippen molar-refractivity contribution < 1.29 is 14.9 Å². The molecule has 9 heteroatoms. The number of hydrogen-bond acceptors (Lipinski definition) is 6. The molecule has 160 valence electrons. The van der Waals surface area contributed by atoms with E-state index < -0.39 is 17.6 Å². The average molecular weight is 484 g/mol. The summed E-state index contributed by atoms with van der Waals surface area (Å²) in [4.78, 5) is 13.1. The van der Waals surface area contributed by atoms with E-state index in [0.717, 1.165) is 32.5 Å². The molecule has 4 aromatic rings. The van der Waals surface area contributed by atoms with Gasteiger partial charge in [0.05, 0.1) is 36.7 Å². The molecule has 0 aromatic carbocycles. The van der Waals surface area contributed by atoms with Gasteiger partial charge in [-0.15, -0.1) is 0 Å². The number of aliphatic hydroxyl groups is 2. The summed E-state index contributed by atoms with van der Waals surface area (Å²) in [6.45, 7) is 2.35. The number of hydrogen-bond donors (Lipinski definition) is 2. The predicted octanol–water partition coefficient (Wildman–Crippen LogP) is 2.96. The Morgan fingerprint density at radius 1 is 1.16 bits per heavy atom. The molecule has 1 saturated heterocycles. The van der Waals surface area contributed by atoms with Crippen LogP contribution < -0.4 is 0 Å². The SMILES string of the molecule is Cc1ncnc2c1ccn2[C@@H]1C[C@@]2(CO[C@@H](c3ccn4c(Br)cnc4c3)C2)[C@@H](O)[C@H]1O. The first-order chi connectivity index (χ1) is 15.0. The van der Waals surface area contributed by atoms with E-state index in [4.69, 9.17) is 4.74 Å². The lowest BCUT2D eigenvalue weighted by molar-refractivity contribution is -0.0309. The number of rotatable bonds is 2. The molecule has 5 atom stereocenters. The molecule has 1 spiro atoms. The van der Waals surface area contributed by atoms with E-state index in [9.17, 15) is 10.2 Å². The highest BCUT2D eigenvalue weighted by atomic mass is 79.9. The third kappa shape index (κ3) is 2.80. The maximum atomic E-state index is 11.1. The molecule has 31 heavy (non-hydrogen) atoms. The van der Waals surface area contributed by atoms with Crippen LogP contribution in [0, 0.1) is 12.3 Å². The fourth-order valence-electron chi connectivity index (χ4n) is 5.34. The third-order valence-electron chi connectivity index (χ3n) is 7.05. The molecule has 1 aliphatic heterocycles. The van der Waals surface area contributed by atoms with Crippen molar-refractivity contribution in [3.63, 3.8) is 0 Å². The van der Waals surface area contributed by atoms with Crippen molar-refractivity contribution in [2.24, 2.45) is 5.41 Å². The number of pyridine rings is 1. The Morgan fingerprint density at radius 2 is 2.03 bits per heavy atom. The molecule has 2 aliphatic rings. The van der Waals surface area contributed by atoms with Gasteiger partial charge in [-0.05, 0) is 59.5 Å². The van der Waals surface area contributed by atoms with Gasteiger partial charge >= 0.3 is 0 Å². The molecular weight excluding hydrogens is 462 g/mol. The monoisotopic (exact) mass is 483 g/mol. The minimum Gasteiger partial charge on any atom is -0.390 e. The number of aryl methyl sites for hydroxylation is 1. The zero-order chi connectivity index (χ0) is 21.3. The van der Waals surface area contributed by atoms with Crippen LogP contribution in [0.2, 0.25) is 0 Å². The van der Waals surface area contributed by atoms with Crippen molar-refractivity contribution >= 4 is 32.6 Å². The molecule has 0 unspecified atom stereocenters. The Hall–Kier alpha value is -2.33. The first-order valence-corrected chi connectivity index (χ1v) is 11.1. The van der Waals surface area contributed by atoms with Gasteiger partial charge in [-0.2, -0.15) is 0 Å². The van der Waals surface area contributed by atoms with Crippen LogP contribution in [0.4, 0.5) is 0 Å². The summed E-state index contributed by atoms with van der Waals surface area (Å²) in [5.41, 5.74) is 3.05. The lowest BCUT2D eigenvalue weighted by atomic mass is 9.80. The number of ether oxygens (including phenoxy) is 1. The molecule has 5 heterocycles. The molecule has 0 radical (unpaired) electrons. The molecule has 1 aliphatic carbocycles. The number of nitrogens with zero attached hydrogens (tertiary/aromatic N) is 5. The summed E-state index contributed by atoms with van der Waals surface area (Å²) in [5, 5.41) is 23.0. The Labute approximate surface area is 186 Å². The second-order valence-corrected chi connectivity index (χ2v) is 9.57. The highest BCUT2D eigenvalue weighted by Gasteiger charge is 2.57. The third-order valence-corrected chi connectivity index (χ3v) is 7.64. The predicted molar refractivity (Wildman–Crippen MR) is 117 cm³/mol.